The van der Waals surface area contributed by atoms with Crippen LogP contribution in [-0.2, 0) is 13.7 Å². The van der Waals surface area contributed by atoms with E-state index in [9.17, 15) is 12.8 Å². The Morgan fingerprint density at radius 1 is 1.71 bits per heavy atom. The van der Waals surface area contributed by atoms with Crippen LogP contribution >= 0.6 is 12.9 Å². The van der Waals surface area contributed by atoms with Crippen LogP contribution in [0.4, 0.5) is 4.39 Å². The first-order valence-corrected chi connectivity index (χ1v) is 3.18. The van der Waals surface area contributed by atoms with E-state index in [1.807, 2.05) is 0 Å². The van der Waals surface area contributed by atoms with Crippen LogP contribution in [0.25, 0.3) is 0 Å². The van der Waals surface area contributed by atoms with Gasteiger partial charge in [0.15, 0.2) is 0 Å². The molecule has 0 bridgehead atoms. The van der Waals surface area contributed by atoms with E-state index in [2.05, 4.69) is 16.5 Å². The van der Waals surface area contributed by atoms with Gasteiger partial charge in [-0.05, 0) is 12.9 Å². The molecule has 0 aliphatic heterocycles. The van der Waals surface area contributed by atoms with E-state index in [1.165, 1.54) is 0 Å². The molecule has 0 aliphatic rings. The predicted octanol–water partition coefficient (Wildman–Crippen LogP) is 0.105. The van der Waals surface area contributed by atoms with Gasteiger partial charge < -0.3 is 0 Å². The molecule has 7 heavy (non-hydrogen) atoms. The first kappa shape index (κ1) is 7.19. The molecule has 0 aromatic heterocycles. The standard InChI is InChI=1S/CH3FO3S2/c2-1-7(3,4)5-6/h6H,1H2. The van der Waals surface area contributed by atoms with Gasteiger partial charge in [-0.1, -0.05) is 0 Å². The van der Waals surface area contributed by atoms with Crippen molar-refractivity contribution >= 4 is 23.0 Å². The molecule has 0 aromatic carbocycles. The fourth-order valence-corrected chi connectivity index (χ4v) is 0.179. The third kappa shape index (κ3) is 2.84. The summed E-state index contributed by atoms with van der Waals surface area (Å²) >= 11 is 2.85. The van der Waals surface area contributed by atoms with Gasteiger partial charge in [-0.25, -0.2) is 4.39 Å². The van der Waals surface area contributed by atoms with Crippen molar-refractivity contribution in [2.75, 3.05) is 6.01 Å². The highest BCUT2D eigenvalue weighted by Gasteiger charge is 2.05. The van der Waals surface area contributed by atoms with E-state index in [4.69, 9.17) is 0 Å². The number of halogens is 1. The molecule has 6 heteroatoms. The van der Waals surface area contributed by atoms with Gasteiger partial charge in [-0.2, -0.15) is 12.0 Å². The minimum Gasteiger partial charge on any atom is -0.231 e. The van der Waals surface area contributed by atoms with E-state index >= 15 is 0 Å². The maximum Gasteiger partial charge on any atom is 0.307 e. The van der Waals surface area contributed by atoms with Crippen molar-refractivity contribution in [3.05, 3.63) is 0 Å². The summed E-state index contributed by atoms with van der Waals surface area (Å²) in [5.41, 5.74) is 0. The lowest BCUT2D eigenvalue weighted by atomic mass is 11.8. The van der Waals surface area contributed by atoms with Crippen molar-refractivity contribution in [1.29, 1.82) is 0 Å². The molecule has 0 spiro atoms. The average Bonchev–Trinajstić information content (AvgIpc) is 1.68. The molecule has 3 nitrogen and oxygen atoms in total. The summed E-state index contributed by atoms with van der Waals surface area (Å²) in [6, 6.07) is -1.53. The molecule has 0 saturated carbocycles. The summed E-state index contributed by atoms with van der Waals surface area (Å²) in [6.45, 7) is 0. The van der Waals surface area contributed by atoms with E-state index in [-0.39, 0.29) is 0 Å². The third-order valence-electron chi connectivity index (χ3n) is 0.247. The quantitative estimate of drug-likeness (QED) is 0.444. The molecule has 0 heterocycles. The summed E-state index contributed by atoms with van der Waals surface area (Å²) in [5, 5.41) is 0. The highest BCUT2D eigenvalue weighted by atomic mass is 32.3. The van der Waals surface area contributed by atoms with Gasteiger partial charge in [0.05, 0.1) is 0 Å². The smallest absolute Gasteiger partial charge is 0.231 e. The Hall–Kier alpha value is 0.190. The minimum absolute atomic E-state index is 1.53. The van der Waals surface area contributed by atoms with Gasteiger partial charge in [0, 0.05) is 0 Å². The van der Waals surface area contributed by atoms with Crippen LogP contribution in [0.15, 0.2) is 0 Å². The van der Waals surface area contributed by atoms with Gasteiger partial charge in [0.25, 0.3) is 0 Å². The monoisotopic (exact) mass is 146 g/mol. The molecule has 0 aromatic rings. The summed E-state index contributed by atoms with van der Waals surface area (Å²) in [5.74, 6) is 0. The van der Waals surface area contributed by atoms with Gasteiger partial charge >= 0.3 is 10.1 Å². The van der Waals surface area contributed by atoms with Crippen molar-refractivity contribution in [1.82, 2.24) is 0 Å². The molecule has 0 N–H and O–H groups in total. The van der Waals surface area contributed by atoms with Crippen LogP contribution in [0.3, 0.4) is 0 Å². The van der Waals surface area contributed by atoms with Crippen molar-refractivity contribution in [3.63, 3.8) is 0 Å². The molecule has 0 rings (SSSR count). The molecular weight excluding hydrogens is 143 g/mol. The van der Waals surface area contributed by atoms with Crippen molar-refractivity contribution in [2.24, 2.45) is 0 Å². The first-order chi connectivity index (χ1) is 3.12. The second-order valence-corrected chi connectivity index (χ2v) is 2.67. The lowest BCUT2D eigenvalue weighted by Gasteiger charge is -1.86. The first-order valence-electron chi connectivity index (χ1n) is 1.24. The zero-order valence-corrected chi connectivity index (χ0v) is 4.88. The van der Waals surface area contributed by atoms with Crippen molar-refractivity contribution in [3.8, 4) is 0 Å². The van der Waals surface area contributed by atoms with Crippen LogP contribution in [0.5, 0.6) is 0 Å². The fourth-order valence-electron chi connectivity index (χ4n) is 0.0199. The Bertz CT molecular complexity index is 116. The Balaban J connectivity index is 3.89. The molecule has 0 aliphatic carbocycles. The third-order valence-corrected chi connectivity index (χ3v) is 1.42. The number of rotatable bonds is 2. The lowest BCUT2D eigenvalue weighted by molar-refractivity contribution is 0.477. The maximum absolute atomic E-state index is 11.0. The number of alkyl halides is 1. The van der Waals surface area contributed by atoms with Gasteiger partial charge in [-0.3, -0.25) is 0 Å². The van der Waals surface area contributed by atoms with Gasteiger partial charge in [0.2, 0.25) is 6.01 Å². The van der Waals surface area contributed by atoms with Crippen LogP contribution in [0, 0.1) is 0 Å². The summed E-state index contributed by atoms with van der Waals surface area (Å²) in [7, 11) is -3.96. The van der Waals surface area contributed by atoms with E-state index in [0.29, 0.717) is 0 Å². The number of hydrogen-bond donors (Lipinski definition) is 1. The van der Waals surface area contributed by atoms with Crippen LogP contribution in [-0.4, -0.2) is 14.4 Å². The van der Waals surface area contributed by atoms with Gasteiger partial charge in [-0.15, -0.1) is 0 Å². The Morgan fingerprint density at radius 3 is 2.14 bits per heavy atom. The van der Waals surface area contributed by atoms with Crippen LogP contribution in [0.1, 0.15) is 0 Å². The molecule has 0 fully saturated rings. The molecule has 0 radical (unpaired) electrons. The summed E-state index contributed by atoms with van der Waals surface area (Å²) in [6.07, 6.45) is 0. The normalized spacial score (nSPS) is 11.7. The largest absolute Gasteiger partial charge is 0.307 e. The molecule has 0 saturated heterocycles. The molecule has 0 atom stereocenters. The van der Waals surface area contributed by atoms with Crippen LogP contribution < -0.4 is 0 Å². The Morgan fingerprint density at radius 2 is 2.14 bits per heavy atom. The fraction of sp³-hybridized carbons (Fsp3) is 1.00. The molecule has 44 valence electrons. The second kappa shape index (κ2) is 2.49. The van der Waals surface area contributed by atoms with Gasteiger partial charge in [0.1, 0.15) is 0 Å². The average molecular weight is 146 g/mol. The highest BCUT2D eigenvalue weighted by molar-refractivity contribution is 7.95. The molecular formula is CH3FO3S2. The van der Waals surface area contributed by atoms with E-state index in [0.717, 1.165) is 0 Å². The maximum atomic E-state index is 11.0. The highest BCUT2D eigenvalue weighted by Crippen LogP contribution is 1.94. The molecule has 0 amide bonds. The number of hydrogen-bond acceptors (Lipinski definition) is 4. The molecule has 0 unspecified atom stereocenters. The topological polar surface area (TPSA) is 43.4 Å². The van der Waals surface area contributed by atoms with Crippen molar-refractivity contribution < 1.29 is 16.4 Å². The number of thiol groups is 1. The summed E-state index contributed by atoms with van der Waals surface area (Å²) < 4.78 is 33.8. The van der Waals surface area contributed by atoms with E-state index < -0.39 is 16.1 Å². The minimum atomic E-state index is -3.96. The second-order valence-electron chi connectivity index (χ2n) is 0.741. The van der Waals surface area contributed by atoms with E-state index in [1.54, 1.807) is 0 Å². The SMILES string of the molecule is O=S(=O)(CF)OS. The Kier molecular flexibility index (Phi) is 2.55. The zero-order chi connectivity index (χ0) is 5.91. The zero-order valence-electron chi connectivity index (χ0n) is 3.17. The predicted molar refractivity (Wildman–Crippen MR) is 25.0 cm³/mol. The lowest BCUT2D eigenvalue weighted by Crippen LogP contribution is -1.99. The van der Waals surface area contributed by atoms with Crippen LogP contribution in [0.2, 0.25) is 0 Å². The van der Waals surface area contributed by atoms with Crippen molar-refractivity contribution in [2.45, 2.75) is 0 Å². The summed E-state index contributed by atoms with van der Waals surface area (Å²) in [4.78, 5) is 0. The Labute approximate surface area is 46.2 Å².